The lowest BCUT2D eigenvalue weighted by Crippen LogP contribution is -2.31. The highest BCUT2D eigenvalue weighted by Gasteiger charge is 2.25. The number of nitrogens with one attached hydrogen (secondary N) is 1. The topological polar surface area (TPSA) is 51.0 Å². The van der Waals surface area contributed by atoms with Crippen molar-refractivity contribution in [3.05, 3.63) is 11.7 Å². The normalized spacial score (nSPS) is 24.1. The molecule has 0 spiro atoms. The maximum absolute atomic E-state index is 5.51. The molecule has 0 aliphatic heterocycles. The molecule has 3 atom stereocenters. The zero-order valence-corrected chi connectivity index (χ0v) is 13.9. The Bertz CT molecular complexity index is 404. The Morgan fingerprint density at radius 2 is 2.14 bits per heavy atom. The summed E-state index contributed by atoms with van der Waals surface area (Å²) in [6.07, 6.45) is 9.45. The van der Waals surface area contributed by atoms with E-state index in [0.717, 1.165) is 43.4 Å². The van der Waals surface area contributed by atoms with Crippen molar-refractivity contribution >= 4 is 0 Å². The van der Waals surface area contributed by atoms with Crippen molar-refractivity contribution in [2.45, 2.75) is 84.1 Å². The van der Waals surface area contributed by atoms with Crippen LogP contribution >= 0.6 is 0 Å². The van der Waals surface area contributed by atoms with E-state index in [2.05, 4.69) is 36.2 Å². The largest absolute Gasteiger partial charge is 0.339 e. The predicted octanol–water partition coefficient (Wildman–Crippen LogP) is 4.07. The van der Waals surface area contributed by atoms with Crippen molar-refractivity contribution in [2.75, 3.05) is 6.54 Å². The minimum Gasteiger partial charge on any atom is -0.339 e. The Morgan fingerprint density at radius 1 is 1.29 bits per heavy atom. The van der Waals surface area contributed by atoms with Gasteiger partial charge in [-0.1, -0.05) is 45.2 Å². The van der Waals surface area contributed by atoms with Crippen LogP contribution in [0.15, 0.2) is 4.52 Å². The van der Waals surface area contributed by atoms with Crippen LogP contribution in [0.5, 0.6) is 0 Å². The summed E-state index contributed by atoms with van der Waals surface area (Å²) in [5.74, 6) is 3.07. The number of nitrogens with zero attached hydrogens (tertiary/aromatic N) is 2. The van der Waals surface area contributed by atoms with Crippen LogP contribution in [0.3, 0.4) is 0 Å². The second kappa shape index (κ2) is 8.52. The number of hydrogen-bond acceptors (Lipinski definition) is 4. The second-order valence-electron chi connectivity index (χ2n) is 6.66. The first kappa shape index (κ1) is 16.5. The quantitative estimate of drug-likeness (QED) is 0.785. The summed E-state index contributed by atoms with van der Waals surface area (Å²) < 4.78 is 5.51. The molecule has 21 heavy (non-hydrogen) atoms. The van der Waals surface area contributed by atoms with Crippen molar-refractivity contribution in [2.24, 2.45) is 5.92 Å². The van der Waals surface area contributed by atoms with E-state index in [4.69, 9.17) is 4.52 Å². The first-order chi connectivity index (χ1) is 10.2. The van der Waals surface area contributed by atoms with Gasteiger partial charge in [0.15, 0.2) is 5.82 Å². The monoisotopic (exact) mass is 293 g/mol. The summed E-state index contributed by atoms with van der Waals surface area (Å²) in [7, 11) is 0. The van der Waals surface area contributed by atoms with E-state index >= 15 is 0 Å². The molecule has 1 N–H and O–H groups in total. The third-order valence-corrected chi connectivity index (χ3v) is 4.53. The summed E-state index contributed by atoms with van der Waals surface area (Å²) in [6, 6.07) is 0.466. The zero-order chi connectivity index (χ0) is 15.1. The maximum atomic E-state index is 5.51. The Balaban J connectivity index is 1.91. The van der Waals surface area contributed by atoms with Crippen LogP contribution in [-0.4, -0.2) is 22.7 Å². The maximum Gasteiger partial charge on any atom is 0.228 e. The van der Waals surface area contributed by atoms with Gasteiger partial charge in [0.25, 0.3) is 0 Å². The minimum absolute atomic E-state index is 0.466. The molecule has 0 saturated heterocycles. The van der Waals surface area contributed by atoms with Crippen LogP contribution in [0.1, 0.15) is 83.3 Å². The van der Waals surface area contributed by atoms with Crippen molar-refractivity contribution < 1.29 is 4.52 Å². The molecule has 1 heterocycles. The summed E-state index contributed by atoms with van der Waals surface area (Å²) >= 11 is 0. The number of hydrogen-bond donors (Lipinski definition) is 1. The molecule has 0 amide bonds. The lowest BCUT2D eigenvalue weighted by Gasteiger charge is -2.23. The zero-order valence-electron chi connectivity index (χ0n) is 13.9. The van der Waals surface area contributed by atoms with Crippen molar-refractivity contribution in [1.82, 2.24) is 15.5 Å². The van der Waals surface area contributed by atoms with E-state index in [0.29, 0.717) is 12.0 Å². The van der Waals surface area contributed by atoms with Gasteiger partial charge >= 0.3 is 0 Å². The highest BCUT2D eigenvalue weighted by Crippen LogP contribution is 2.34. The first-order valence-corrected chi connectivity index (χ1v) is 8.78. The van der Waals surface area contributed by atoms with Gasteiger partial charge in [0.1, 0.15) is 0 Å². The molecular weight excluding hydrogens is 262 g/mol. The Kier molecular flexibility index (Phi) is 6.68. The fourth-order valence-corrected chi connectivity index (χ4v) is 3.37. The van der Waals surface area contributed by atoms with Crippen molar-refractivity contribution in [3.8, 4) is 0 Å². The molecule has 0 radical (unpaired) electrons. The molecule has 1 saturated carbocycles. The van der Waals surface area contributed by atoms with Crippen LogP contribution in [0.2, 0.25) is 0 Å². The van der Waals surface area contributed by atoms with Gasteiger partial charge < -0.3 is 9.84 Å². The van der Waals surface area contributed by atoms with E-state index in [9.17, 15) is 0 Å². The van der Waals surface area contributed by atoms with Crippen LogP contribution in [0, 0.1) is 5.92 Å². The molecule has 1 fully saturated rings. The molecule has 2 rings (SSSR count). The number of aromatic nitrogens is 2. The summed E-state index contributed by atoms with van der Waals surface area (Å²) in [5, 5.41) is 7.84. The van der Waals surface area contributed by atoms with Crippen molar-refractivity contribution in [3.63, 3.8) is 0 Å². The van der Waals surface area contributed by atoms with Gasteiger partial charge in [-0.15, -0.1) is 0 Å². The van der Waals surface area contributed by atoms with Crippen LogP contribution in [0.4, 0.5) is 0 Å². The highest BCUT2D eigenvalue weighted by atomic mass is 16.5. The predicted molar refractivity (Wildman–Crippen MR) is 85.4 cm³/mol. The van der Waals surface area contributed by atoms with Gasteiger partial charge in [-0.3, -0.25) is 0 Å². The molecule has 3 unspecified atom stereocenters. The van der Waals surface area contributed by atoms with Gasteiger partial charge in [0.2, 0.25) is 5.89 Å². The van der Waals surface area contributed by atoms with Gasteiger partial charge in [0.05, 0.1) is 0 Å². The first-order valence-electron chi connectivity index (χ1n) is 8.78. The summed E-state index contributed by atoms with van der Waals surface area (Å²) in [5.41, 5.74) is 0. The van der Waals surface area contributed by atoms with Gasteiger partial charge in [-0.25, -0.2) is 0 Å². The molecule has 1 aliphatic carbocycles. The molecule has 120 valence electrons. The lowest BCUT2D eigenvalue weighted by molar-refractivity contribution is 0.316. The average molecular weight is 293 g/mol. The second-order valence-corrected chi connectivity index (χ2v) is 6.66. The molecule has 0 aromatic carbocycles. The molecule has 4 nitrogen and oxygen atoms in total. The number of rotatable bonds is 8. The molecule has 4 heteroatoms. The van der Waals surface area contributed by atoms with Crippen LogP contribution in [0.25, 0.3) is 0 Å². The van der Waals surface area contributed by atoms with Gasteiger partial charge in [0, 0.05) is 18.4 Å². The molecule has 1 aromatic heterocycles. The standard InChI is InChI=1S/C17H31N3O/c1-4-7-15(18-10-5-2)12-16-19-17(20-21-16)14-9-6-8-13(3)11-14/h13-15,18H,4-12H2,1-3H3. The molecular formula is C17H31N3O. The van der Waals surface area contributed by atoms with E-state index in [1.807, 2.05) is 0 Å². The fraction of sp³-hybridized carbons (Fsp3) is 0.882. The van der Waals surface area contributed by atoms with Crippen LogP contribution in [-0.2, 0) is 6.42 Å². The van der Waals surface area contributed by atoms with Crippen molar-refractivity contribution in [1.29, 1.82) is 0 Å². The lowest BCUT2D eigenvalue weighted by atomic mass is 9.82. The van der Waals surface area contributed by atoms with Gasteiger partial charge in [-0.05, 0) is 38.1 Å². The smallest absolute Gasteiger partial charge is 0.228 e. The van der Waals surface area contributed by atoms with E-state index < -0.39 is 0 Å². The third kappa shape index (κ3) is 5.10. The van der Waals surface area contributed by atoms with E-state index in [-0.39, 0.29) is 0 Å². The minimum atomic E-state index is 0.466. The highest BCUT2D eigenvalue weighted by molar-refractivity contribution is 4.98. The van der Waals surface area contributed by atoms with Gasteiger partial charge in [-0.2, -0.15) is 4.98 Å². The van der Waals surface area contributed by atoms with Crippen LogP contribution < -0.4 is 5.32 Å². The van der Waals surface area contributed by atoms with E-state index in [1.165, 1.54) is 32.1 Å². The molecule has 1 aliphatic rings. The average Bonchev–Trinajstić information content (AvgIpc) is 2.93. The Morgan fingerprint density at radius 3 is 2.86 bits per heavy atom. The summed E-state index contributed by atoms with van der Waals surface area (Å²) in [6.45, 7) is 7.82. The summed E-state index contributed by atoms with van der Waals surface area (Å²) in [4.78, 5) is 4.68. The third-order valence-electron chi connectivity index (χ3n) is 4.53. The van der Waals surface area contributed by atoms with E-state index in [1.54, 1.807) is 0 Å². The Hall–Kier alpha value is -0.900. The Labute approximate surface area is 129 Å². The SMILES string of the molecule is CCCNC(CCC)Cc1nc(C2CCCC(C)C2)no1. The fourth-order valence-electron chi connectivity index (χ4n) is 3.37. The molecule has 1 aromatic rings. The molecule has 0 bridgehead atoms.